The first-order valence-electron chi connectivity index (χ1n) is 4.75. The third-order valence-electron chi connectivity index (χ3n) is 2.74. The molecule has 2 saturated heterocycles. The predicted octanol–water partition coefficient (Wildman–Crippen LogP) is -0.386. The van der Waals surface area contributed by atoms with Crippen LogP contribution in [0.3, 0.4) is 0 Å². The molecule has 2 unspecified atom stereocenters. The first-order valence-corrected chi connectivity index (χ1v) is 4.75. The van der Waals surface area contributed by atoms with E-state index in [1.54, 1.807) is 4.90 Å². The highest BCUT2D eigenvalue weighted by Gasteiger charge is 2.36. The number of fused-ring (bicyclic) bond motifs is 2. The lowest BCUT2D eigenvalue weighted by Gasteiger charge is -2.31. The van der Waals surface area contributed by atoms with Crippen LogP contribution < -0.4 is 0 Å². The van der Waals surface area contributed by atoms with Gasteiger partial charge in [-0.15, -0.1) is 0 Å². The van der Waals surface area contributed by atoms with Gasteiger partial charge in [-0.2, -0.15) is 0 Å². The molecule has 2 bridgehead atoms. The summed E-state index contributed by atoms with van der Waals surface area (Å²) in [5.74, 6) is 0.321. The van der Waals surface area contributed by atoms with E-state index in [-0.39, 0.29) is 12.0 Å². The smallest absolute Gasteiger partial charge is 0.251 e. The van der Waals surface area contributed by atoms with Crippen molar-refractivity contribution < 1.29 is 14.6 Å². The molecule has 13 heavy (non-hydrogen) atoms. The maximum Gasteiger partial charge on any atom is 0.251 e. The number of carbonyl (C=O) groups is 1. The normalized spacial score (nSPS) is 34.8. The van der Waals surface area contributed by atoms with E-state index in [0.717, 1.165) is 19.6 Å². The van der Waals surface area contributed by atoms with Crippen molar-refractivity contribution in [2.45, 2.75) is 25.6 Å². The number of hydrogen-bond acceptors (Lipinski definition) is 3. The number of nitrogens with zero attached hydrogens (tertiary/aromatic N) is 1. The molecule has 2 aliphatic heterocycles. The molecule has 4 nitrogen and oxygen atoms in total. The molecule has 2 aliphatic rings. The van der Waals surface area contributed by atoms with Gasteiger partial charge in [0.05, 0.1) is 12.7 Å². The highest BCUT2D eigenvalue weighted by molar-refractivity contribution is 5.80. The third kappa shape index (κ3) is 1.69. The number of piperidine rings is 1. The number of likely N-dealkylation sites (tertiary alicyclic amines) is 1. The minimum absolute atomic E-state index is 0.166. The Balaban J connectivity index is 1.98. The van der Waals surface area contributed by atoms with E-state index >= 15 is 0 Å². The fourth-order valence-electron chi connectivity index (χ4n) is 2.11. The molecule has 4 heteroatoms. The largest absolute Gasteiger partial charge is 0.384 e. The number of aliphatic hydroxyl groups is 1. The van der Waals surface area contributed by atoms with Gasteiger partial charge in [-0.3, -0.25) is 4.79 Å². The first kappa shape index (κ1) is 8.97. The molecule has 1 N–H and O–H groups in total. The van der Waals surface area contributed by atoms with Gasteiger partial charge in [0.2, 0.25) is 0 Å². The zero-order chi connectivity index (χ0) is 9.42. The summed E-state index contributed by atoms with van der Waals surface area (Å²) in [7, 11) is 0. The van der Waals surface area contributed by atoms with E-state index in [1.165, 1.54) is 6.92 Å². The van der Waals surface area contributed by atoms with Crippen LogP contribution in [0.15, 0.2) is 0 Å². The number of aliphatic hydroxyl groups excluding tert-OH is 1. The molecule has 0 aromatic rings. The summed E-state index contributed by atoms with van der Waals surface area (Å²) in [6.45, 7) is 3.69. The van der Waals surface area contributed by atoms with E-state index in [0.29, 0.717) is 12.5 Å². The van der Waals surface area contributed by atoms with E-state index in [1.807, 2.05) is 0 Å². The highest BCUT2D eigenvalue weighted by atomic mass is 16.5. The number of ether oxygens (including phenoxy) is 1. The van der Waals surface area contributed by atoms with Gasteiger partial charge in [0.25, 0.3) is 5.91 Å². The SMILES string of the molecule is C[C@H](O)C(=O)N1CC2COC(C2)C1. The van der Waals surface area contributed by atoms with Crippen LogP contribution in [0, 0.1) is 5.92 Å². The number of amides is 1. The topological polar surface area (TPSA) is 49.8 Å². The lowest BCUT2D eigenvalue weighted by atomic mass is 10.00. The second kappa shape index (κ2) is 3.27. The summed E-state index contributed by atoms with van der Waals surface area (Å²) in [4.78, 5) is 13.2. The van der Waals surface area contributed by atoms with Gasteiger partial charge in [0.15, 0.2) is 0 Å². The maximum atomic E-state index is 11.4. The van der Waals surface area contributed by atoms with Crippen molar-refractivity contribution in [2.75, 3.05) is 19.7 Å². The highest BCUT2D eigenvalue weighted by Crippen LogP contribution is 2.26. The summed E-state index contributed by atoms with van der Waals surface area (Å²) in [5.41, 5.74) is 0. The molecule has 0 spiro atoms. The monoisotopic (exact) mass is 185 g/mol. The van der Waals surface area contributed by atoms with Gasteiger partial charge in [0.1, 0.15) is 6.10 Å². The van der Waals surface area contributed by atoms with E-state index < -0.39 is 6.10 Å². The summed E-state index contributed by atoms with van der Waals surface area (Å²) < 4.78 is 5.46. The molecule has 1 amide bonds. The van der Waals surface area contributed by atoms with Crippen molar-refractivity contribution in [1.82, 2.24) is 4.90 Å². The van der Waals surface area contributed by atoms with Crippen LogP contribution in [0.2, 0.25) is 0 Å². The molecular weight excluding hydrogens is 170 g/mol. The van der Waals surface area contributed by atoms with E-state index in [2.05, 4.69) is 0 Å². The fourth-order valence-corrected chi connectivity index (χ4v) is 2.11. The molecule has 2 fully saturated rings. The molecular formula is C9H15NO3. The van der Waals surface area contributed by atoms with Gasteiger partial charge in [-0.1, -0.05) is 0 Å². The van der Waals surface area contributed by atoms with Crippen molar-refractivity contribution in [2.24, 2.45) is 5.92 Å². The first-order chi connectivity index (χ1) is 6.16. The molecule has 0 radical (unpaired) electrons. The molecule has 3 atom stereocenters. The number of carbonyl (C=O) groups excluding carboxylic acids is 1. The van der Waals surface area contributed by atoms with Gasteiger partial charge < -0.3 is 14.7 Å². The maximum absolute atomic E-state index is 11.4. The Morgan fingerprint density at radius 3 is 3.00 bits per heavy atom. The van der Waals surface area contributed by atoms with Gasteiger partial charge in [0, 0.05) is 19.0 Å². The summed E-state index contributed by atoms with van der Waals surface area (Å²) in [5, 5.41) is 9.13. The average Bonchev–Trinajstić information content (AvgIpc) is 2.44. The summed E-state index contributed by atoms with van der Waals surface area (Å²) >= 11 is 0. The Morgan fingerprint density at radius 2 is 2.38 bits per heavy atom. The summed E-state index contributed by atoms with van der Waals surface area (Å²) in [6.07, 6.45) is 0.405. The number of rotatable bonds is 1. The molecule has 2 heterocycles. The lowest BCUT2D eigenvalue weighted by Crippen LogP contribution is -2.46. The van der Waals surface area contributed by atoms with Crippen LogP contribution in [0.5, 0.6) is 0 Å². The molecule has 2 rings (SSSR count). The predicted molar refractivity (Wildman–Crippen MR) is 46.1 cm³/mol. The second-order valence-electron chi connectivity index (χ2n) is 3.98. The van der Waals surface area contributed by atoms with E-state index in [9.17, 15) is 4.79 Å². The van der Waals surface area contributed by atoms with Crippen molar-refractivity contribution >= 4 is 5.91 Å². The minimum atomic E-state index is -0.877. The molecule has 0 aliphatic carbocycles. The second-order valence-corrected chi connectivity index (χ2v) is 3.98. The standard InChI is InChI=1S/C9H15NO3/c1-6(11)9(12)10-3-7-2-8(4-10)13-5-7/h6-8,11H,2-5H2,1H3/t6-,7?,8?/m0/s1. The fraction of sp³-hybridized carbons (Fsp3) is 0.889. The Morgan fingerprint density at radius 1 is 1.62 bits per heavy atom. The lowest BCUT2D eigenvalue weighted by molar-refractivity contribution is -0.141. The zero-order valence-electron chi connectivity index (χ0n) is 7.77. The van der Waals surface area contributed by atoms with Crippen molar-refractivity contribution in [3.8, 4) is 0 Å². The van der Waals surface area contributed by atoms with Crippen molar-refractivity contribution in [1.29, 1.82) is 0 Å². The van der Waals surface area contributed by atoms with Crippen LogP contribution in [0.1, 0.15) is 13.3 Å². The third-order valence-corrected chi connectivity index (χ3v) is 2.74. The van der Waals surface area contributed by atoms with Crippen LogP contribution in [-0.2, 0) is 9.53 Å². The molecule has 0 aromatic carbocycles. The van der Waals surface area contributed by atoms with Gasteiger partial charge in [-0.25, -0.2) is 0 Å². The zero-order valence-corrected chi connectivity index (χ0v) is 7.77. The Hall–Kier alpha value is -0.610. The quantitative estimate of drug-likeness (QED) is 0.605. The number of hydrogen-bond donors (Lipinski definition) is 1. The van der Waals surface area contributed by atoms with Gasteiger partial charge >= 0.3 is 0 Å². The van der Waals surface area contributed by atoms with Crippen LogP contribution in [-0.4, -0.2) is 47.8 Å². The van der Waals surface area contributed by atoms with Crippen LogP contribution >= 0.6 is 0 Å². The average molecular weight is 185 g/mol. The Kier molecular flexibility index (Phi) is 2.26. The Bertz CT molecular complexity index is 205. The van der Waals surface area contributed by atoms with Crippen molar-refractivity contribution in [3.63, 3.8) is 0 Å². The summed E-state index contributed by atoms with van der Waals surface area (Å²) in [6, 6.07) is 0. The van der Waals surface area contributed by atoms with Crippen LogP contribution in [0.25, 0.3) is 0 Å². The molecule has 0 saturated carbocycles. The van der Waals surface area contributed by atoms with Crippen molar-refractivity contribution in [3.05, 3.63) is 0 Å². The molecule has 74 valence electrons. The Labute approximate surface area is 77.5 Å². The molecule has 0 aromatic heterocycles. The minimum Gasteiger partial charge on any atom is -0.384 e. The van der Waals surface area contributed by atoms with Crippen LogP contribution in [0.4, 0.5) is 0 Å². The van der Waals surface area contributed by atoms with Gasteiger partial charge in [-0.05, 0) is 13.3 Å². The van der Waals surface area contributed by atoms with E-state index in [4.69, 9.17) is 9.84 Å².